The molecule has 0 bridgehead atoms. The number of hydrogen-bond acceptors (Lipinski definition) is 1. The van der Waals surface area contributed by atoms with E-state index < -0.39 is 0 Å². The Hall–Kier alpha value is -0.560. The number of nitrogens with one attached hydrogen (secondary N) is 1. The minimum Gasteiger partial charge on any atom is -0.317 e. The summed E-state index contributed by atoms with van der Waals surface area (Å²) in [5.74, 6) is 0. The van der Waals surface area contributed by atoms with Crippen molar-refractivity contribution in [3.05, 3.63) is 23.8 Å². The summed E-state index contributed by atoms with van der Waals surface area (Å²) < 4.78 is 0. The predicted octanol–water partition coefficient (Wildman–Crippen LogP) is 2.26. The molecule has 0 saturated carbocycles. The van der Waals surface area contributed by atoms with E-state index in [-0.39, 0.29) is 0 Å². The molecule has 0 amide bonds. The van der Waals surface area contributed by atoms with Crippen molar-refractivity contribution in [1.29, 1.82) is 0 Å². The number of allylic oxidation sites excluding steroid dienone is 3. The van der Waals surface area contributed by atoms with Crippen LogP contribution >= 0.6 is 0 Å². The van der Waals surface area contributed by atoms with Crippen LogP contribution in [0.5, 0.6) is 0 Å². The fourth-order valence-electron chi connectivity index (χ4n) is 1.31. The van der Waals surface area contributed by atoms with E-state index in [4.69, 9.17) is 0 Å². The first-order valence-electron chi connectivity index (χ1n) is 4.33. The molecule has 1 atom stereocenters. The van der Waals surface area contributed by atoms with Gasteiger partial charge in [0.15, 0.2) is 0 Å². The Morgan fingerprint density at radius 2 is 2.36 bits per heavy atom. The van der Waals surface area contributed by atoms with Gasteiger partial charge in [0.05, 0.1) is 0 Å². The van der Waals surface area contributed by atoms with Gasteiger partial charge in [-0.25, -0.2) is 0 Å². The Bertz CT molecular complexity index is 168. The van der Waals surface area contributed by atoms with Gasteiger partial charge in [0.25, 0.3) is 0 Å². The lowest BCUT2D eigenvalue weighted by atomic mass is 9.99. The summed E-state index contributed by atoms with van der Waals surface area (Å²) in [4.78, 5) is 0. The number of hydrogen-bond donors (Lipinski definition) is 1. The van der Waals surface area contributed by atoms with Crippen LogP contribution in [0.15, 0.2) is 23.8 Å². The van der Waals surface area contributed by atoms with E-state index in [0.29, 0.717) is 6.04 Å². The fraction of sp³-hybridized carbons (Fsp3) is 0.600. The van der Waals surface area contributed by atoms with Crippen molar-refractivity contribution in [3.63, 3.8) is 0 Å². The van der Waals surface area contributed by atoms with Crippen LogP contribution in [0.3, 0.4) is 0 Å². The molecule has 1 nitrogen and oxygen atoms in total. The van der Waals surface area contributed by atoms with Crippen LogP contribution in [-0.2, 0) is 0 Å². The molecule has 1 heteroatoms. The Balaban J connectivity index is 2.31. The zero-order valence-corrected chi connectivity index (χ0v) is 7.43. The Morgan fingerprint density at radius 3 is 2.91 bits per heavy atom. The molecule has 62 valence electrons. The molecule has 0 spiro atoms. The van der Waals surface area contributed by atoms with Crippen LogP contribution in [0.2, 0.25) is 0 Å². The summed E-state index contributed by atoms with van der Waals surface area (Å²) in [5.41, 5.74) is 1.58. The van der Waals surface area contributed by atoms with Gasteiger partial charge in [-0.2, -0.15) is 0 Å². The highest BCUT2D eigenvalue weighted by molar-refractivity contribution is 5.15. The monoisotopic (exact) mass is 151 g/mol. The summed E-state index contributed by atoms with van der Waals surface area (Å²) in [7, 11) is 2.02. The third kappa shape index (κ3) is 2.89. The van der Waals surface area contributed by atoms with Gasteiger partial charge in [0, 0.05) is 6.04 Å². The van der Waals surface area contributed by atoms with Crippen LogP contribution in [0, 0.1) is 0 Å². The molecule has 0 aromatic carbocycles. The lowest BCUT2D eigenvalue weighted by Crippen LogP contribution is -2.21. The SMILES string of the molecule is CN[C@H](C)CC1=CCC=CC1. The molecule has 0 aromatic heterocycles. The van der Waals surface area contributed by atoms with Crippen molar-refractivity contribution in [2.45, 2.75) is 32.2 Å². The second-order valence-electron chi connectivity index (χ2n) is 3.17. The molecule has 1 rings (SSSR count). The van der Waals surface area contributed by atoms with E-state index in [1.165, 1.54) is 6.42 Å². The molecular formula is C10H17N. The molecule has 0 radical (unpaired) electrons. The third-order valence-corrected chi connectivity index (χ3v) is 2.15. The molecule has 0 unspecified atom stereocenters. The van der Waals surface area contributed by atoms with Gasteiger partial charge in [0.2, 0.25) is 0 Å². The van der Waals surface area contributed by atoms with E-state index in [9.17, 15) is 0 Å². The first kappa shape index (κ1) is 8.54. The molecule has 1 aliphatic rings. The predicted molar refractivity (Wildman–Crippen MR) is 49.6 cm³/mol. The van der Waals surface area contributed by atoms with Gasteiger partial charge in [-0.15, -0.1) is 0 Å². The van der Waals surface area contributed by atoms with Gasteiger partial charge in [0.1, 0.15) is 0 Å². The molecule has 0 aromatic rings. The second kappa shape index (κ2) is 4.35. The third-order valence-electron chi connectivity index (χ3n) is 2.15. The molecule has 0 heterocycles. The average Bonchev–Trinajstić information content (AvgIpc) is 2.06. The van der Waals surface area contributed by atoms with Gasteiger partial charge < -0.3 is 5.32 Å². The maximum Gasteiger partial charge on any atom is 0.00730 e. The molecule has 11 heavy (non-hydrogen) atoms. The van der Waals surface area contributed by atoms with E-state index in [0.717, 1.165) is 12.8 Å². The summed E-state index contributed by atoms with van der Waals surface area (Å²) in [6.07, 6.45) is 10.3. The standard InChI is InChI=1S/C10H17N/c1-9(11-2)8-10-6-4-3-5-7-10/h3-4,7,9,11H,5-6,8H2,1-2H3/t9-/m1/s1. The van der Waals surface area contributed by atoms with Gasteiger partial charge in [-0.05, 0) is 33.2 Å². The maximum absolute atomic E-state index is 3.25. The van der Waals surface area contributed by atoms with E-state index >= 15 is 0 Å². The Labute approximate surface area is 69.2 Å². The van der Waals surface area contributed by atoms with Crippen molar-refractivity contribution >= 4 is 0 Å². The van der Waals surface area contributed by atoms with Gasteiger partial charge in [-0.1, -0.05) is 23.8 Å². The fourth-order valence-corrected chi connectivity index (χ4v) is 1.31. The Morgan fingerprint density at radius 1 is 1.55 bits per heavy atom. The largest absolute Gasteiger partial charge is 0.317 e. The molecular weight excluding hydrogens is 134 g/mol. The van der Waals surface area contributed by atoms with E-state index in [1.807, 2.05) is 7.05 Å². The van der Waals surface area contributed by atoms with Crippen molar-refractivity contribution < 1.29 is 0 Å². The van der Waals surface area contributed by atoms with E-state index in [2.05, 4.69) is 30.5 Å². The average molecular weight is 151 g/mol. The summed E-state index contributed by atoms with van der Waals surface area (Å²) in [6.45, 7) is 2.22. The maximum atomic E-state index is 3.25. The summed E-state index contributed by atoms with van der Waals surface area (Å²) >= 11 is 0. The van der Waals surface area contributed by atoms with Crippen molar-refractivity contribution in [3.8, 4) is 0 Å². The molecule has 0 fully saturated rings. The number of rotatable bonds is 3. The first-order valence-corrected chi connectivity index (χ1v) is 4.33. The summed E-state index contributed by atoms with van der Waals surface area (Å²) in [5, 5.41) is 3.25. The van der Waals surface area contributed by atoms with E-state index in [1.54, 1.807) is 5.57 Å². The summed E-state index contributed by atoms with van der Waals surface area (Å²) in [6, 6.07) is 0.618. The molecule has 0 saturated heterocycles. The van der Waals surface area contributed by atoms with Gasteiger partial charge in [-0.3, -0.25) is 0 Å². The Kier molecular flexibility index (Phi) is 3.37. The molecule has 1 N–H and O–H groups in total. The smallest absolute Gasteiger partial charge is 0.00730 e. The van der Waals surface area contributed by atoms with Crippen LogP contribution in [0.25, 0.3) is 0 Å². The normalized spacial score (nSPS) is 19.6. The quantitative estimate of drug-likeness (QED) is 0.610. The highest BCUT2D eigenvalue weighted by atomic mass is 14.8. The van der Waals surface area contributed by atoms with Crippen molar-refractivity contribution in [2.24, 2.45) is 0 Å². The van der Waals surface area contributed by atoms with Gasteiger partial charge >= 0.3 is 0 Å². The first-order chi connectivity index (χ1) is 5.33. The van der Waals surface area contributed by atoms with Crippen LogP contribution in [0.1, 0.15) is 26.2 Å². The lowest BCUT2D eigenvalue weighted by molar-refractivity contribution is 0.599. The van der Waals surface area contributed by atoms with Crippen LogP contribution in [0.4, 0.5) is 0 Å². The highest BCUT2D eigenvalue weighted by Gasteiger charge is 2.03. The topological polar surface area (TPSA) is 12.0 Å². The molecule has 0 aliphatic heterocycles. The zero-order chi connectivity index (χ0) is 8.10. The lowest BCUT2D eigenvalue weighted by Gasteiger charge is -2.13. The molecule has 1 aliphatic carbocycles. The van der Waals surface area contributed by atoms with Crippen molar-refractivity contribution in [1.82, 2.24) is 5.32 Å². The highest BCUT2D eigenvalue weighted by Crippen LogP contribution is 2.15. The van der Waals surface area contributed by atoms with Crippen LogP contribution in [-0.4, -0.2) is 13.1 Å². The second-order valence-corrected chi connectivity index (χ2v) is 3.17. The zero-order valence-electron chi connectivity index (χ0n) is 7.43. The van der Waals surface area contributed by atoms with Crippen LogP contribution < -0.4 is 5.32 Å². The van der Waals surface area contributed by atoms with Crippen molar-refractivity contribution in [2.75, 3.05) is 7.05 Å². The minimum atomic E-state index is 0.618. The minimum absolute atomic E-state index is 0.618.